The summed E-state index contributed by atoms with van der Waals surface area (Å²) in [6.07, 6.45) is 3.45. The Morgan fingerprint density at radius 2 is 2.14 bits per heavy atom. The van der Waals surface area contributed by atoms with E-state index < -0.39 is 0 Å². The molecule has 1 aromatic rings. The number of hydrogen-bond acceptors (Lipinski definition) is 3. The Hall–Kier alpha value is -1.00. The fraction of sp³-hybridized carbons (Fsp3) is 0.588. The van der Waals surface area contributed by atoms with Gasteiger partial charge in [0, 0.05) is 17.1 Å². The van der Waals surface area contributed by atoms with E-state index in [0.29, 0.717) is 13.0 Å². The number of benzene rings is 1. The Bertz CT molecular complexity index is 487. The molecule has 116 valence electrons. The van der Waals surface area contributed by atoms with Crippen molar-refractivity contribution in [2.24, 2.45) is 11.1 Å². The summed E-state index contributed by atoms with van der Waals surface area (Å²) >= 11 is 1.88. The van der Waals surface area contributed by atoms with Gasteiger partial charge in [0.1, 0.15) is 0 Å². The normalized spacial score (nSPS) is 18.1. The van der Waals surface area contributed by atoms with Crippen LogP contribution in [0, 0.1) is 5.41 Å². The first kappa shape index (κ1) is 16.4. The third-order valence-electron chi connectivity index (χ3n) is 4.14. The molecule has 4 heteroatoms. The summed E-state index contributed by atoms with van der Waals surface area (Å²) in [5.41, 5.74) is 7.03. The maximum atomic E-state index is 12.2. The van der Waals surface area contributed by atoms with Gasteiger partial charge in [-0.3, -0.25) is 4.79 Å². The lowest BCUT2D eigenvalue weighted by Gasteiger charge is -2.27. The van der Waals surface area contributed by atoms with E-state index in [0.717, 1.165) is 25.0 Å². The van der Waals surface area contributed by atoms with E-state index in [9.17, 15) is 4.79 Å². The van der Waals surface area contributed by atoms with Crippen LogP contribution in [0.4, 0.5) is 0 Å². The smallest absolute Gasteiger partial charge is 0.220 e. The molecule has 0 saturated carbocycles. The topological polar surface area (TPSA) is 55.1 Å². The van der Waals surface area contributed by atoms with Crippen molar-refractivity contribution in [1.82, 2.24) is 5.32 Å². The summed E-state index contributed by atoms with van der Waals surface area (Å²) in [6.45, 7) is 5.04. The third-order valence-corrected chi connectivity index (χ3v) is 5.27. The molecule has 0 bridgehead atoms. The molecule has 0 saturated heterocycles. The predicted octanol–water partition coefficient (Wildman–Crippen LogP) is 3.49. The van der Waals surface area contributed by atoms with Gasteiger partial charge in [-0.25, -0.2) is 0 Å². The Morgan fingerprint density at radius 3 is 2.90 bits per heavy atom. The molecule has 3 N–H and O–H groups in total. The van der Waals surface area contributed by atoms with E-state index in [1.54, 1.807) is 0 Å². The van der Waals surface area contributed by atoms with Crippen molar-refractivity contribution in [1.29, 1.82) is 0 Å². The highest BCUT2D eigenvalue weighted by Crippen LogP contribution is 2.36. The quantitative estimate of drug-likeness (QED) is 0.846. The van der Waals surface area contributed by atoms with Crippen LogP contribution in [-0.2, 0) is 4.79 Å². The van der Waals surface area contributed by atoms with Gasteiger partial charge >= 0.3 is 0 Å². The second kappa shape index (κ2) is 7.32. The molecular weight excluding hydrogens is 280 g/mol. The molecule has 1 atom stereocenters. The lowest BCUT2D eigenvalue weighted by atomic mass is 9.84. The second-order valence-corrected chi connectivity index (χ2v) is 7.63. The maximum Gasteiger partial charge on any atom is 0.220 e. The van der Waals surface area contributed by atoms with Gasteiger partial charge in [-0.1, -0.05) is 32.0 Å². The van der Waals surface area contributed by atoms with Crippen LogP contribution < -0.4 is 11.1 Å². The van der Waals surface area contributed by atoms with E-state index in [1.807, 2.05) is 17.8 Å². The zero-order valence-electron chi connectivity index (χ0n) is 13.0. The van der Waals surface area contributed by atoms with Gasteiger partial charge in [-0.2, -0.15) is 0 Å². The van der Waals surface area contributed by atoms with Crippen molar-refractivity contribution >= 4 is 17.7 Å². The summed E-state index contributed by atoms with van der Waals surface area (Å²) in [7, 11) is 0. The lowest BCUT2D eigenvalue weighted by molar-refractivity contribution is -0.122. The molecule has 0 spiro atoms. The average Bonchev–Trinajstić information content (AvgIpc) is 2.46. The van der Waals surface area contributed by atoms with Crippen molar-refractivity contribution in [3.63, 3.8) is 0 Å². The fourth-order valence-electron chi connectivity index (χ4n) is 2.73. The number of thioether (sulfide) groups is 1. The molecule has 1 aromatic carbocycles. The number of fused-ring (bicyclic) bond motifs is 1. The molecule has 1 aliphatic heterocycles. The molecule has 0 aliphatic carbocycles. The zero-order valence-corrected chi connectivity index (χ0v) is 13.8. The number of nitrogens with two attached hydrogens (primary N) is 1. The number of nitrogens with one attached hydrogen (secondary N) is 1. The van der Waals surface area contributed by atoms with Crippen LogP contribution >= 0.6 is 11.8 Å². The van der Waals surface area contributed by atoms with Crippen LogP contribution in [0.3, 0.4) is 0 Å². The highest BCUT2D eigenvalue weighted by molar-refractivity contribution is 7.99. The largest absolute Gasteiger partial charge is 0.349 e. The van der Waals surface area contributed by atoms with Crippen LogP contribution in [-0.4, -0.2) is 18.2 Å². The SMILES string of the molecule is CC(C)(CCN)CCC(=O)NC1CCSc2ccccc21. The molecule has 1 heterocycles. The standard InChI is InChI=1S/C17H26N2OS/c1-17(2,10-11-18)9-7-16(20)19-14-8-12-21-15-6-4-3-5-13(14)15/h3-6,14H,7-12,18H2,1-2H3,(H,19,20). The third kappa shape index (κ3) is 4.75. The summed E-state index contributed by atoms with van der Waals surface area (Å²) in [5.74, 6) is 1.23. The lowest BCUT2D eigenvalue weighted by Crippen LogP contribution is -2.31. The number of amides is 1. The van der Waals surface area contributed by atoms with E-state index >= 15 is 0 Å². The fourth-order valence-corrected chi connectivity index (χ4v) is 3.85. The van der Waals surface area contributed by atoms with E-state index in [2.05, 4.69) is 37.4 Å². The van der Waals surface area contributed by atoms with Gasteiger partial charge in [0.15, 0.2) is 0 Å². The predicted molar refractivity (Wildman–Crippen MR) is 89.4 cm³/mol. The molecule has 2 rings (SSSR count). The number of hydrogen-bond donors (Lipinski definition) is 2. The van der Waals surface area contributed by atoms with Gasteiger partial charge in [-0.15, -0.1) is 11.8 Å². The minimum absolute atomic E-state index is 0.145. The monoisotopic (exact) mass is 306 g/mol. The van der Waals surface area contributed by atoms with Crippen molar-refractivity contribution in [3.05, 3.63) is 29.8 Å². The minimum Gasteiger partial charge on any atom is -0.349 e. The summed E-state index contributed by atoms with van der Waals surface area (Å²) in [4.78, 5) is 13.5. The Balaban J connectivity index is 1.89. The van der Waals surface area contributed by atoms with Crippen LogP contribution in [0.15, 0.2) is 29.2 Å². The highest BCUT2D eigenvalue weighted by atomic mass is 32.2. The van der Waals surface area contributed by atoms with E-state index in [-0.39, 0.29) is 17.4 Å². The van der Waals surface area contributed by atoms with Crippen molar-refractivity contribution in [3.8, 4) is 0 Å². The first-order chi connectivity index (χ1) is 10.0. The molecule has 1 unspecified atom stereocenters. The highest BCUT2D eigenvalue weighted by Gasteiger charge is 2.23. The Labute approximate surface area is 132 Å². The molecule has 1 aliphatic rings. The number of carbonyl (C=O) groups excluding carboxylic acids is 1. The van der Waals surface area contributed by atoms with Gasteiger partial charge in [0.2, 0.25) is 5.91 Å². The molecule has 1 amide bonds. The first-order valence-corrected chi connectivity index (χ1v) is 8.71. The summed E-state index contributed by atoms with van der Waals surface area (Å²) in [6, 6.07) is 8.56. The van der Waals surface area contributed by atoms with Crippen LogP contribution in [0.5, 0.6) is 0 Å². The second-order valence-electron chi connectivity index (χ2n) is 6.50. The van der Waals surface area contributed by atoms with Gasteiger partial charge < -0.3 is 11.1 Å². The molecule has 21 heavy (non-hydrogen) atoms. The first-order valence-electron chi connectivity index (χ1n) is 7.73. The minimum atomic E-state index is 0.145. The van der Waals surface area contributed by atoms with Crippen molar-refractivity contribution in [2.45, 2.75) is 50.5 Å². The van der Waals surface area contributed by atoms with Crippen LogP contribution in [0.2, 0.25) is 0 Å². The molecule has 3 nitrogen and oxygen atoms in total. The number of carbonyl (C=O) groups is 1. The van der Waals surface area contributed by atoms with Gasteiger partial charge in [0.25, 0.3) is 0 Å². The van der Waals surface area contributed by atoms with Gasteiger partial charge in [0.05, 0.1) is 6.04 Å². The molecular formula is C17H26N2OS. The number of rotatable bonds is 6. The van der Waals surface area contributed by atoms with Crippen LogP contribution in [0.25, 0.3) is 0 Å². The molecule has 0 fully saturated rings. The zero-order chi connectivity index (χ0) is 15.3. The van der Waals surface area contributed by atoms with Crippen LogP contribution in [0.1, 0.15) is 51.1 Å². The average molecular weight is 306 g/mol. The van der Waals surface area contributed by atoms with Crippen molar-refractivity contribution in [2.75, 3.05) is 12.3 Å². The molecule has 0 radical (unpaired) electrons. The summed E-state index contributed by atoms with van der Waals surface area (Å²) in [5, 5.41) is 3.21. The maximum absolute atomic E-state index is 12.2. The van der Waals surface area contributed by atoms with Crippen molar-refractivity contribution < 1.29 is 4.79 Å². The Kier molecular flexibility index (Phi) is 5.71. The Morgan fingerprint density at radius 1 is 1.38 bits per heavy atom. The van der Waals surface area contributed by atoms with E-state index in [4.69, 9.17) is 5.73 Å². The molecule has 0 aromatic heterocycles. The van der Waals surface area contributed by atoms with E-state index in [1.165, 1.54) is 10.5 Å². The summed E-state index contributed by atoms with van der Waals surface area (Å²) < 4.78 is 0. The van der Waals surface area contributed by atoms with Gasteiger partial charge in [-0.05, 0) is 42.9 Å².